The van der Waals surface area contributed by atoms with Gasteiger partial charge in [0.2, 0.25) is 11.9 Å². The summed E-state index contributed by atoms with van der Waals surface area (Å²) in [4.78, 5) is 29.0. The molecule has 2 fully saturated rings. The molecule has 0 bridgehead atoms. The normalized spacial score (nSPS) is 18.6. The smallest absolute Gasteiger partial charge is 0.237 e. The summed E-state index contributed by atoms with van der Waals surface area (Å²) < 4.78 is 1.83. The summed E-state index contributed by atoms with van der Waals surface area (Å²) >= 11 is 0. The number of rotatable bonds is 5. The Kier molecular flexibility index (Phi) is 4.97. The molecule has 1 aliphatic carbocycles. The highest BCUT2D eigenvalue weighted by molar-refractivity contribution is 6.10. The quantitative estimate of drug-likeness (QED) is 0.453. The van der Waals surface area contributed by atoms with Gasteiger partial charge in [-0.3, -0.25) is 4.79 Å². The second-order valence-corrected chi connectivity index (χ2v) is 10.3. The zero-order chi connectivity index (χ0) is 25.1. The number of amides is 1. The molecule has 4 heterocycles. The van der Waals surface area contributed by atoms with Crippen molar-refractivity contribution >= 4 is 40.0 Å². The fourth-order valence-electron chi connectivity index (χ4n) is 5.70. The van der Waals surface area contributed by atoms with Crippen LogP contribution >= 0.6 is 0 Å². The van der Waals surface area contributed by atoms with E-state index in [4.69, 9.17) is 4.98 Å². The maximum atomic E-state index is 13.0. The van der Waals surface area contributed by atoms with Gasteiger partial charge in [0.25, 0.3) is 0 Å². The molecule has 1 amide bonds. The van der Waals surface area contributed by atoms with Crippen LogP contribution in [-0.4, -0.2) is 70.3 Å². The highest BCUT2D eigenvalue weighted by Crippen LogP contribution is 2.57. The largest absolute Gasteiger partial charge is 0.369 e. The molecule has 7 rings (SSSR count). The third kappa shape index (κ3) is 3.56. The minimum absolute atomic E-state index is 0.236. The molecule has 9 nitrogen and oxygen atoms in total. The van der Waals surface area contributed by atoms with Crippen LogP contribution < -0.4 is 15.1 Å². The third-order valence-corrected chi connectivity index (χ3v) is 8.05. The van der Waals surface area contributed by atoms with E-state index in [1.54, 1.807) is 12.4 Å². The van der Waals surface area contributed by atoms with Crippen LogP contribution in [0.15, 0.2) is 54.9 Å². The maximum Gasteiger partial charge on any atom is 0.237 e. The van der Waals surface area contributed by atoms with Crippen molar-refractivity contribution in [2.45, 2.75) is 25.2 Å². The van der Waals surface area contributed by atoms with Crippen molar-refractivity contribution in [1.29, 1.82) is 0 Å². The lowest BCUT2D eigenvalue weighted by Gasteiger charge is -2.34. The van der Waals surface area contributed by atoms with Crippen LogP contribution in [0.3, 0.4) is 0 Å². The Morgan fingerprint density at radius 3 is 2.46 bits per heavy atom. The lowest BCUT2D eigenvalue weighted by molar-refractivity contribution is -0.120. The van der Waals surface area contributed by atoms with E-state index in [-0.39, 0.29) is 11.3 Å². The summed E-state index contributed by atoms with van der Waals surface area (Å²) in [6.45, 7) is 6.95. The molecular weight excluding hydrogens is 464 g/mol. The topological polar surface area (TPSA) is 82.4 Å². The second-order valence-electron chi connectivity index (χ2n) is 10.3. The number of carbonyl (C=O) groups excluding carboxylic acids is 1. The van der Waals surface area contributed by atoms with Crippen LogP contribution in [-0.2, 0) is 10.2 Å². The van der Waals surface area contributed by atoms with Crippen molar-refractivity contribution in [2.75, 3.05) is 54.9 Å². The molecule has 9 heteroatoms. The summed E-state index contributed by atoms with van der Waals surface area (Å²) in [5.41, 5.74) is 5.65. The van der Waals surface area contributed by atoms with Crippen molar-refractivity contribution in [3.63, 3.8) is 0 Å². The maximum absolute atomic E-state index is 13.0. The molecule has 0 atom stereocenters. The number of likely N-dealkylation sites (N-methyl/N-ethyl adjacent to an activating group) is 2. The first-order valence-electron chi connectivity index (χ1n) is 13.0. The van der Waals surface area contributed by atoms with Gasteiger partial charge in [0.15, 0.2) is 5.65 Å². The summed E-state index contributed by atoms with van der Waals surface area (Å²) in [5, 5.41) is 8.80. The van der Waals surface area contributed by atoms with Gasteiger partial charge in [-0.2, -0.15) is 10.1 Å². The Morgan fingerprint density at radius 2 is 1.73 bits per heavy atom. The molecule has 2 aromatic carbocycles. The van der Waals surface area contributed by atoms with Gasteiger partial charge in [0, 0.05) is 50.3 Å². The number of nitrogens with one attached hydrogen (secondary N) is 1. The van der Waals surface area contributed by atoms with Crippen LogP contribution in [0.2, 0.25) is 0 Å². The molecule has 1 N–H and O–H groups in total. The number of hydrogen-bond acceptors (Lipinski definition) is 7. The van der Waals surface area contributed by atoms with E-state index in [1.165, 1.54) is 5.69 Å². The molecule has 3 aliphatic rings. The van der Waals surface area contributed by atoms with Crippen LogP contribution in [0, 0.1) is 0 Å². The monoisotopic (exact) mass is 494 g/mol. The van der Waals surface area contributed by atoms with Gasteiger partial charge in [-0.15, -0.1) is 0 Å². The zero-order valence-electron chi connectivity index (χ0n) is 21.2. The van der Waals surface area contributed by atoms with Crippen LogP contribution in [0.25, 0.3) is 16.7 Å². The Hall–Kier alpha value is -3.98. The summed E-state index contributed by atoms with van der Waals surface area (Å²) in [6.07, 6.45) is 5.46. The van der Waals surface area contributed by atoms with Gasteiger partial charge in [-0.25, -0.2) is 9.67 Å². The lowest BCUT2D eigenvalue weighted by atomic mass is 9.98. The first-order chi connectivity index (χ1) is 18.1. The van der Waals surface area contributed by atoms with Gasteiger partial charge in [0.1, 0.15) is 0 Å². The minimum atomic E-state index is -0.283. The average Bonchev–Trinajstić information content (AvgIpc) is 3.57. The highest BCUT2D eigenvalue weighted by Gasteiger charge is 2.58. The Labute approximate surface area is 215 Å². The Bertz CT molecular complexity index is 1500. The number of benzene rings is 2. The molecule has 4 aromatic rings. The van der Waals surface area contributed by atoms with E-state index < -0.39 is 0 Å². The van der Waals surface area contributed by atoms with E-state index in [0.717, 1.165) is 72.7 Å². The molecule has 2 aromatic heterocycles. The lowest BCUT2D eigenvalue weighted by Crippen LogP contribution is -2.44. The number of carbonyl (C=O) groups is 1. The third-order valence-electron chi connectivity index (χ3n) is 8.05. The molecule has 1 saturated heterocycles. The first-order valence-corrected chi connectivity index (χ1v) is 13.0. The first kappa shape index (κ1) is 22.2. The summed E-state index contributed by atoms with van der Waals surface area (Å²) in [6, 6.07) is 14.7. The predicted octanol–water partition coefficient (Wildman–Crippen LogP) is 3.71. The van der Waals surface area contributed by atoms with Crippen LogP contribution in [0.4, 0.5) is 23.0 Å². The van der Waals surface area contributed by atoms with Gasteiger partial charge in [-0.1, -0.05) is 6.07 Å². The molecule has 0 radical (unpaired) electrons. The second kappa shape index (κ2) is 8.27. The average molecular weight is 495 g/mol. The predicted molar refractivity (Wildman–Crippen MR) is 145 cm³/mol. The van der Waals surface area contributed by atoms with Crippen LogP contribution in [0.5, 0.6) is 0 Å². The Morgan fingerprint density at radius 1 is 0.973 bits per heavy atom. The number of nitrogens with zero attached hydrogens (tertiary/aromatic N) is 7. The fourth-order valence-corrected chi connectivity index (χ4v) is 5.70. The van der Waals surface area contributed by atoms with Crippen molar-refractivity contribution < 1.29 is 4.79 Å². The van der Waals surface area contributed by atoms with Gasteiger partial charge < -0.3 is 20.0 Å². The number of fused-ring (bicyclic) bond motifs is 3. The van der Waals surface area contributed by atoms with E-state index in [0.29, 0.717) is 12.5 Å². The highest BCUT2D eigenvalue weighted by atomic mass is 16.2. The molecule has 1 spiro atoms. The van der Waals surface area contributed by atoms with Crippen molar-refractivity contribution in [3.05, 3.63) is 60.4 Å². The van der Waals surface area contributed by atoms with Crippen molar-refractivity contribution in [3.8, 4) is 5.69 Å². The number of piperazine rings is 1. The number of hydrogen-bond donors (Lipinski definition) is 1. The van der Waals surface area contributed by atoms with E-state index in [1.807, 2.05) is 22.6 Å². The fraction of sp³-hybridized carbons (Fsp3) is 0.357. The van der Waals surface area contributed by atoms with Crippen molar-refractivity contribution in [2.24, 2.45) is 0 Å². The number of anilines is 4. The van der Waals surface area contributed by atoms with E-state index in [9.17, 15) is 4.79 Å². The van der Waals surface area contributed by atoms with Gasteiger partial charge in [-0.05, 0) is 68.8 Å². The molecule has 2 aliphatic heterocycles. The van der Waals surface area contributed by atoms with Gasteiger partial charge >= 0.3 is 0 Å². The Balaban J connectivity index is 1.16. The summed E-state index contributed by atoms with van der Waals surface area (Å²) in [5.74, 6) is 0.755. The van der Waals surface area contributed by atoms with Gasteiger partial charge in [0.05, 0.1) is 28.4 Å². The van der Waals surface area contributed by atoms with Crippen LogP contribution in [0.1, 0.15) is 25.3 Å². The summed E-state index contributed by atoms with van der Waals surface area (Å²) in [7, 11) is 2.17. The van der Waals surface area contributed by atoms with E-state index in [2.05, 4.69) is 68.6 Å². The molecule has 37 heavy (non-hydrogen) atoms. The molecule has 1 saturated carbocycles. The number of aromatic nitrogens is 4. The standard InChI is InChI=1S/C28H30N8O/c1-3-35-24-16-22(8-9-23(24)28(10-11-28)26(35)37)36-25-19(18-30-36)17-29-27(32-25)31-20-4-6-21(7-5-20)34-14-12-33(2)13-15-34/h4-9,16-18H,3,10-15H2,1-2H3,(H,29,31,32). The molecule has 188 valence electrons. The van der Waals surface area contributed by atoms with E-state index >= 15 is 0 Å². The molecular formula is C28H30N8O. The zero-order valence-corrected chi connectivity index (χ0v) is 21.2. The molecule has 0 unspecified atom stereocenters. The minimum Gasteiger partial charge on any atom is -0.369 e. The van der Waals surface area contributed by atoms with Crippen molar-refractivity contribution in [1.82, 2.24) is 24.6 Å². The SMILES string of the molecule is CCN1C(=O)C2(CC2)c2ccc(-n3ncc4cnc(Nc5ccc(N6CCN(C)CC6)cc5)nc43)cc21.